The zero-order valence-electron chi connectivity index (χ0n) is 14.2. The van der Waals surface area contributed by atoms with E-state index >= 15 is 0 Å². The molecule has 0 aromatic heterocycles. The molecule has 0 aliphatic carbocycles. The number of rotatable bonds is 20. The third kappa shape index (κ3) is 21.7. The van der Waals surface area contributed by atoms with E-state index in [0.717, 1.165) is 12.8 Å². The van der Waals surface area contributed by atoms with E-state index in [1.54, 1.807) is 0 Å². The van der Waals surface area contributed by atoms with Crippen LogP contribution in [0.4, 0.5) is 0 Å². The normalized spacial score (nSPS) is 11.2. The summed E-state index contributed by atoms with van der Waals surface area (Å²) in [5, 5.41) is 8.51. The maximum atomic E-state index is 8.51. The molecule has 0 unspecified atom stereocenters. The van der Waals surface area contributed by atoms with Crippen LogP contribution in [0.2, 0.25) is 0 Å². The van der Waals surface area contributed by atoms with Crippen molar-refractivity contribution in [3.05, 3.63) is 0 Å². The lowest BCUT2D eigenvalue weighted by Gasteiger charge is -2.07. The van der Waals surface area contributed by atoms with Gasteiger partial charge in [-0.3, -0.25) is 0 Å². The van der Waals surface area contributed by atoms with Crippen molar-refractivity contribution in [3.8, 4) is 0 Å². The number of unbranched alkanes of at least 4 members (excludes halogenated alkanes) is 1. The average Bonchev–Trinajstić information content (AvgIpc) is 2.57. The second-order valence-corrected chi connectivity index (χ2v) is 4.48. The van der Waals surface area contributed by atoms with Crippen LogP contribution in [-0.2, 0) is 33.5 Å². The summed E-state index contributed by atoms with van der Waals surface area (Å²) in [7, 11) is 1.46. The Morgan fingerprint density at radius 3 is 1.35 bits per heavy atom. The standard InChI is InChI=1S/C15H32O8/c1-17-23-15-14-22-13-12-21-11-9-19-6-3-2-5-18-8-10-20-7-4-16/h16H,2-15H2,1H3. The van der Waals surface area contributed by atoms with Gasteiger partial charge in [0.2, 0.25) is 0 Å². The van der Waals surface area contributed by atoms with Gasteiger partial charge in [0.1, 0.15) is 6.61 Å². The highest BCUT2D eigenvalue weighted by molar-refractivity contribution is 4.40. The zero-order valence-corrected chi connectivity index (χ0v) is 14.2. The first-order valence-electron chi connectivity index (χ1n) is 8.07. The van der Waals surface area contributed by atoms with Gasteiger partial charge in [-0.25, -0.2) is 9.78 Å². The third-order valence-corrected chi connectivity index (χ3v) is 2.61. The Hall–Kier alpha value is -0.320. The molecule has 0 aliphatic heterocycles. The van der Waals surface area contributed by atoms with E-state index in [0.29, 0.717) is 72.7 Å². The number of ether oxygens (including phenoxy) is 5. The van der Waals surface area contributed by atoms with Gasteiger partial charge in [-0.15, -0.1) is 0 Å². The minimum Gasteiger partial charge on any atom is -0.394 e. The Balaban J connectivity index is 2.92. The summed E-state index contributed by atoms with van der Waals surface area (Å²) in [4.78, 5) is 9.08. The first kappa shape index (κ1) is 22.7. The molecular weight excluding hydrogens is 308 g/mol. The summed E-state index contributed by atoms with van der Waals surface area (Å²) in [5.74, 6) is 0. The Bertz CT molecular complexity index is 186. The molecule has 23 heavy (non-hydrogen) atoms. The van der Waals surface area contributed by atoms with E-state index in [4.69, 9.17) is 28.8 Å². The largest absolute Gasteiger partial charge is 0.394 e. The summed E-state index contributed by atoms with van der Waals surface area (Å²) in [6.45, 7) is 6.05. The van der Waals surface area contributed by atoms with E-state index in [-0.39, 0.29) is 6.61 Å². The van der Waals surface area contributed by atoms with Crippen LogP contribution in [0.3, 0.4) is 0 Å². The van der Waals surface area contributed by atoms with Gasteiger partial charge in [0.15, 0.2) is 0 Å². The predicted molar refractivity (Wildman–Crippen MR) is 83.4 cm³/mol. The van der Waals surface area contributed by atoms with Crippen molar-refractivity contribution in [3.63, 3.8) is 0 Å². The molecule has 0 amide bonds. The highest BCUT2D eigenvalue weighted by Gasteiger charge is 1.94. The van der Waals surface area contributed by atoms with E-state index in [2.05, 4.69) is 9.78 Å². The lowest BCUT2D eigenvalue weighted by Crippen LogP contribution is -2.12. The van der Waals surface area contributed by atoms with Crippen molar-refractivity contribution in [2.45, 2.75) is 12.8 Å². The molecule has 0 saturated carbocycles. The second-order valence-electron chi connectivity index (χ2n) is 4.48. The molecule has 140 valence electrons. The molecule has 0 aromatic rings. The van der Waals surface area contributed by atoms with Gasteiger partial charge in [0, 0.05) is 13.2 Å². The minimum absolute atomic E-state index is 0.0530. The van der Waals surface area contributed by atoms with Crippen LogP contribution in [0.15, 0.2) is 0 Å². The van der Waals surface area contributed by atoms with Crippen molar-refractivity contribution in [1.82, 2.24) is 0 Å². The molecule has 0 spiro atoms. The highest BCUT2D eigenvalue weighted by Crippen LogP contribution is 1.92. The summed E-state index contributed by atoms with van der Waals surface area (Å²) in [6, 6.07) is 0. The van der Waals surface area contributed by atoms with E-state index < -0.39 is 0 Å². The fourth-order valence-corrected chi connectivity index (χ4v) is 1.51. The maximum Gasteiger partial charge on any atom is 0.106 e. The number of hydrogen-bond acceptors (Lipinski definition) is 8. The van der Waals surface area contributed by atoms with Crippen LogP contribution in [0.5, 0.6) is 0 Å². The number of aliphatic hydroxyl groups is 1. The quantitative estimate of drug-likeness (QED) is 0.194. The Morgan fingerprint density at radius 2 is 0.913 bits per heavy atom. The summed E-state index contributed by atoms with van der Waals surface area (Å²) in [6.07, 6.45) is 1.92. The molecule has 0 radical (unpaired) electrons. The molecule has 8 heteroatoms. The van der Waals surface area contributed by atoms with E-state index in [1.807, 2.05) is 0 Å². The second kappa shape index (κ2) is 21.7. The third-order valence-electron chi connectivity index (χ3n) is 2.61. The van der Waals surface area contributed by atoms with Gasteiger partial charge < -0.3 is 28.8 Å². The molecule has 0 bridgehead atoms. The molecule has 0 saturated heterocycles. The molecule has 0 fully saturated rings. The Labute approximate surface area is 138 Å². The maximum absolute atomic E-state index is 8.51. The van der Waals surface area contributed by atoms with Crippen LogP contribution < -0.4 is 0 Å². The van der Waals surface area contributed by atoms with Crippen molar-refractivity contribution in [2.75, 3.05) is 86.4 Å². The van der Waals surface area contributed by atoms with Crippen molar-refractivity contribution in [1.29, 1.82) is 0 Å². The lowest BCUT2D eigenvalue weighted by molar-refractivity contribution is -0.277. The molecule has 0 aromatic carbocycles. The van der Waals surface area contributed by atoms with Crippen LogP contribution in [0, 0.1) is 0 Å². The van der Waals surface area contributed by atoms with Gasteiger partial charge in [0.25, 0.3) is 0 Å². The van der Waals surface area contributed by atoms with Gasteiger partial charge in [-0.1, -0.05) is 0 Å². The van der Waals surface area contributed by atoms with Gasteiger partial charge in [-0.2, -0.15) is 0 Å². The minimum atomic E-state index is 0.0530. The fraction of sp³-hybridized carbons (Fsp3) is 1.00. The van der Waals surface area contributed by atoms with Crippen molar-refractivity contribution < 1.29 is 38.6 Å². The molecule has 8 nitrogen and oxygen atoms in total. The summed E-state index contributed by atoms with van der Waals surface area (Å²) >= 11 is 0. The van der Waals surface area contributed by atoms with Crippen LogP contribution in [-0.4, -0.2) is 91.5 Å². The molecule has 1 N–H and O–H groups in total. The first-order chi connectivity index (χ1) is 11.4. The van der Waals surface area contributed by atoms with Crippen LogP contribution in [0.25, 0.3) is 0 Å². The first-order valence-corrected chi connectivity index (χ1v) is 8.07. The molecule has 0 aliphatic rings. The monoisotopic (exact) mass is 340 g/mol. The van der Waals surface area contributed by atoms with E-state index in [9.17, 15) is 0 Å². The molecular formula is C15H32O8. The SMILES string of the molecule is COOCCOCCOCCOCCCCOCCOCCO. The highest BCUT2D eigenvalue weighted by atomic mass is 17.2. The van der Waals surface area contributed by atoms with Crippen LogP contribution >= 0.6 is 0 Å². The van der Waals surface area contributed by atoms with E-state index in [1.165, 1.54) is 7.11 Å². The average molecular weight is 340 g/mol. The van der Waals surface area contributed by atoms with Gasteiger partial charge in [0.05, 0.1) is 66.6 Å². The Morgan fingerprint density at radius 1 is 0.522 bits per heavy atom. The van der Waals surface area contributed by atoms with Gasteiger partial charge in [-0.05, 0) is 12.8 Å². The summed E-state index contributed by atoms with van der Waals surface area (Å²) < 4.78 is 26.5. The number of aliphatic hydroxyl groups excluding tert-OH is 1. The van der Waals surface area contributed by atoms with Crippen molar-refractivity contribution >= 4 is 0 Å². The fourth-order valence-electron chi connectivity index (χ4n) is 1.51. The van der Waals surface area contributed by atoms with Gasteiger partial charge >= 0.3 is 0 Å². The lowest BCUT2D eigenvalue weighted by atomic mass is 10.3. The van der Waals surface area contributed by atoms with Crippen molar-refractivity contribution in [2.24, 2.45) is 0 Å². The predicted octanol–water partition coefficient (Wildman–Crippen LogP) is 0.420. The summed E-state index contributed by atoms with van der Waals surface area (Å²) in [5.41, 5.74) is 0. The smallest absolute Gasteiger partial charge is 0.106 e. The molecule has 0 heterocycles. The van der Waals surface area contributed by atoms with Crippen LogP contribution in [0.1, 0.15) is 12.8 Å². The zero-order chi connectivity index (χ0) is 16.8. The molecule has 0 atom stereocenters. The molecule has 0 rings (SSSR count). The number of hydrogen-bond donors (Lipinski definition) is 1. The topological polar surface area (TPSA) is 84.8 Å². The Kier molecular flexibility index (Phi) is 21.4.